The average Bonchev–Trinajstić information content (AvgIpc) is 3.05. The minimum absolute atomic E-state index is 0.224. The minimum Gasteiger partial charge on any atom is -0.481 e. The van der Waals surface area contributed by atoms with E-state index >= 15 is 0 Å². The van der Waals surface area contributed by atoms with Crippen LogP contribution in [0.2, 0.25) is 0 Å². The molecule has 0 saturated heterocycles. The van der Waals surface area contributed by atoms with Gasteiger partial charge in [-0.1, -0.05) is 35.9 Å². The van der Waals surface area contributed by atoms with Gasteiger partial charge in [0.15, 0.2) is 6.61 Å². The highest BCUT2D eigenvalue weighted by atomic mass is 16.6. The molecule has 0 radical (unpaired) electrons. The summed E-state index contributed by atoms with van der Waals surface area (Å²) in [4.78, 5) is 24.0. The van der Waals surface area contributed by atoms with Crippen LogP contribution in [0.4, 0.5) is 0 Å². The van der Waals surface area contributed by atoms with E-state index in [0.29, 0.717) is 17.9 Å². The summed E-state index contributed by atoms with van der Waals surface area (Å²) in [6, 6.07) is 17.7. The molecule has 0 unspecified atom stereocenters. The van der Waals surface area contributed by atoms with Crippen LogP contribution in [-0.4, -0.2) is 30.2 Å². The zero-order valence-electron chi connectivity index (χ0n) is 17.8. The highest BCUT2D eigenvalue weighted by molar-refractivity contribution is 6.19. The van der Waals surface area contributed by atoms with Crippen LogP contribution in [-0.2, 0) is 16.1 Å². The number of nitrogens with two attached hydrogens (primary N) is 1. The number of ether oxygens (including phenoxy) is 2. The van der Waals surface area contributed by atoms with Crippen LogP contribution in [0, 0.1) is 13.8 Å². The Morgan fingerprint density at radius 3 is 2.42 bits per heavy atom. The summed E-state index contributed by atoms with van der Waals surface area (Å²) in [5.41, 5.74) is 11.2. The number of aromatic nitrogens is 1. The number of nitrogens with zero attached hydrogens (tertiary/aromatic N) is 1. The molecule has 0 aliphatic carbocycles. The average molecular weight is 416 g/mol. The van der Waals surface area contributed by atoms with Crippen LogP contribution < -0.4 is 10.5 Å². The highest BCUT2D eigenvalue weighted by Crippen LogP contribution is 2.39. The summed E-state index contributed by atoms with van der Waals surface area (Å²) in [5, 5.41) is 1.48. The summed E-state index contributed by atoms with van der Waals surface area (Å²) >= 11 is 0. The van der Waals surface area contributed by atoms with Crippen molar-refractivity contribution in [2.45, 2.75) is 20.4 Å². The molecular weight excluding hydrogens is 392 g/mol. The van der Waals surface area contributed by atoms with Crippen molar-refractivity contribution in [3.05, 3.63) is 76.9 Å². The number of hydrogen-bond acceptors (Lipinski definition) is 4. The zero-order chi connectivity index (χ0) is 22.1. The third-order valence-corrected chi connectivity index (χ3v) is 5.36. The molecule has 2 N–H and O–H groups in total. The van der Waals surface area contributed by atoms with Crippen LogP contribution in [0.15, 0.2) is 54.6 Å². The first-order valence-corrected chi connectivity index (χ1v) is 9.99. The van der Waals surface area contributed by atoms with E-state index in [0.717, 1.165) is 32.9 Å². The van der Waals surface area contributed by atoms with Crippen molar-refractivity contribution < 1.29 is 19.1 Å². The molecular formula is C25H24N2O4. The van der Waals surface area contributed by atoms with Gasteiger partial charge in [0.1, 0.15) is 5.75 Å². The van der Waals surface area contributed by atoms with E-state index in [4.69, 9.17) is 15.2 Å². The molecule has 31 heavy (non-hydrogen) atoms. The van der Waals surface area contributed by atoms with Gasteiger partial charge in [-0.05, 0) is 49.2 Å². The van der Waals surface area contributed by atoms with Crippen molar-refractivity contribution in [2.24, 2.45) is 5.73 Å². The summed E-state index contributed by atoms with van der Waals surface area (Å²) in [5.74, 6) is -0.477. The first-order valence-electron chi connectivity index (χ1n) is 9.99. The molecule has 0 aliphatic rings. The molecule has 0 bridgehead atoms. The van der Waals surface area contributed by atoms with Gasteiger partial charge < -0.3 is 19.8 Å². The number of rotatable bonds is 6. The summed E-state index contributed by atoms with van der Waals surface area (Å²) in [6.07, 6.45) is 0. The number of hydrogen-bond donors (Lipinski definition) is 1. The van der Waals surface area contributed by atoms with Crippen LogP contribution in [0.1, 0.15) is 27.0 Å². The van der Waals surface area contributed by atoms with Crippen molar-refractivity contribution >= 4 is 33.7 Å². The molecule has 6 nitrogen and oxygen atoms in total. The van der Waals surface area contributed by atoms with Gasteiger partial charge in [0.05, 0.1) is 23.5 Å². The molecule has 4 rings (SSSR count). The normalized spacial score (nSPS) is 11.1. The van der Waals surface area contributed by atoms with Crippen molar-refractivity contribution in [3.8, 4) is 5.75 Å². The van der Waals surface area contributed by atoms with Crippen molar-refractivity contribution in [3.63, 3.8) is 0 Å². The Hall–Kier alpha value is -3.80. The second-order valence-corrected chi connectivity index (χ2v) is 7.66. The van der Waals surface area contributed by atoms with Gasteiger partial charge in [0.2, 0.25) is 5.91 Å². The molecule has 0 saturated carbocycles. The Morgan fingerprint density at radius 1 is 0.935 bits per heavy atom. The van der Waals surface area contributed by atoms with Gasteiger partial charge in [-0.25, -0.2) is 4.79 Å². The molecule has 0 aliphatic heterocycles. The standard InChI is InChI=1S/C25H24N2O4/c1-15-6-4-7-17(10-15)13-27-19-9-5-8-18(25(26)29)23(19)24-20(27)11-16(2)12-21(24)31-14-22(28)30-3/h4-12H,13-14H2,1-3H3,(H2,26,29). The molecule has 4 aromatic rings. The Morgan fingerprint density at radius 2 is 1.71 bits per heavy atom. The van der Waals surface area contributed by atoms with Gasteiger partial charge in [-0.2, -0.15) is 0 Å². The number of aryl methyl sites for hydroxylation is 2. The minimum atomic E-state index is -0.514. The number of carbonyl (C=O) groups excluding carboxylic acids is 2. The predicted octanol–water partition coefficient (Wildman–Crippen LogP) is 4.11. The Labute approximate surface area is 180 Å². The van der Waals surface area contributed by atoms with Crippen molar-refractivity contribution in [2.75, 3.05) is 13.7 Å². The monoisotopic (exact) mass is 416 g/mol. The lowest BCUT2D eigenvalue weighted by Crippen LogP contribution is -2.13. The number of amides is 1. The summed E-state index contributed by atoms with van der Waals surface area (Å²) < 4.78 is 12.7. The van der Waals surface area contributed by atoms with Gasteiger partial charge in [-0.3, -0.25) is 4.79 Å². The highest BCUT2D eigenvalue weighted by Gasteiger charge is 2.21. The van der Waals surface area contributed by atoms with Gasteiger partial charge >= 0.3 is 5.97 Å². The van der Waals surface area contributed by atoms with E-state index in [1.165, 1.54) is 12.7 Å². The number of methoxy groups -OCH3 is 1. The topological polar surface area (TPSA) is 83.6 Å². The summed E-state index contributed by atoms with van der Waals surface area (Å²) in [6.45, 7) is 4.42. The molecule has 3 aromatic carbocycles. The number of carbonyl (C=O) groups is 2. The van der Waals surface area contributed by atoms with E-state index in [-0.39, 0.29) is 6.61 Å². The summed E-state index contributed by atoms with van der Waals surface area (Å²) in [7, 11) is 1.32. The molecule has 158 valence electrons. The second kappa shape index (κ2) is 8.14. The van der Waals surface area contributed by atoms with E-state index in [1.54, 1.807) is 6.07 Å². The number of primary amides is 1. The number of benzene rings is 3. The van der Waals surface area contributed by atoms with Crippen LogP contribution in [0.25, 0.3) is 21.8 Å². The predicted molar refractivity (Wildman–Crippen MR) is 120 cm³/mol. The van der Waals surface area contributed by atoms with Crippen molar-refractivity contribution in [1.82, 2.24) is 4.57 Å². The maximum atomic E-state index is 12.3. The maximum absolute atomic E-state index is 12.3. The molecule has 0 fully saturated rings. The van der Waals surface area contributed by atoms with E-state index in [2.05, 4.69) is 35.8 Å². The lowest BCUT2D eigenvalue weighted by Gasteiger charge is -2.11. The molecule has 1 aromatic heterocycles. The van der Waals surface area contributed by atoms with Crippen LogP contribution in [0.3, 0.4) is 0 Å². The SMILES string of the molecule is COC(=O)COc1cc(C)cc2c1c1c(C(N)=O)cccc1n2Cc1cccc(C)c1. The maximum Gasteiger partial charge on any atom is 0.343 e. The smallest absolute Gasteiger partial charge is 0.343 e. The van der Waals surface area contributed by atoms with Gasteiger partial charge in [-0.15, -0.1) is 0 Å². The third-order valence-electron chi connectivity index (χ3n) is 5.36. The van der Waals surface area contributed by atoms with Crippen LogP contribution >= 0.6 is 0 Å². The first-order chi connectivity index (χ1) is 14.9. The Kier molecular flexibility index (Phi) is 5.38. The molecule has 1 heterocycles. The molecule has 6 heteroatoms. The largest absolute Gasteiger partial charge is 0.481 e. The number of fused-ring (bicyclic) bond motifs is 3. The van der Waals surface area contributed by atoms with E-state index < -0.39 is 11.9 Å². The first kappa shape index (κ1) is 20.5. The lowest BCUT2D eigenvalue weighted by atomic mass is 10.0. The van der Waals surface area contributed by atoms with Crippen LogP contribution in [0.5, 0.6) is 5.75 Å². The van der Waals surface area contributed by atoms with Crippen molar-refractivity contribution in [1.29, 1.82) is 0 Å². The second-order valence-electron chi connectivity index (χ2n) is 7.66. The third kappa shape index (κ3) is 3.84. The van der Waals surface area contributed by atoms with E-state index in [1.807, 2.05) is 31.2 Å². The number of esters is 1. The zero-order valence-corrected chi connectivity index (χ0v) is 17.8. The van der Waals surface area contributed by atoms with Gasteiger partial charge in [0, 0.05) is 17.5 Å². The van der Waals surface area contributed by atoms with Gasteiger partial charge in [0.25, 0.3) is 0 Å². The fourth-order valence-corrected chi connectivity index (χ4v) is 4.03. The fourth-order valence-electron chi connectivity index (χ4n) is 4.03. The molecule has 0 spiro atoms. The van der Waals surface area contributed by atoms with E-state index in [9.17, 15) is 9.59 Å². The fraction of sp³-hybridized carbons (Fsp3) is 0.200. The quantitative estimate of drug-likeness (QED) is 0.480. The Bertz CT molecular complexity index is 1320. The molecule has 0 atom stereocenters. The lowest BCUT2D eigenvalue weighted by molar-refractivity contribution is -0.142. The Balaban J connectivity index is 2.02. The molecule has 1 amide bonds.